The van der Waals surface area contributed by atoms with E-state index in [-0.39, 0.29) is 41.0 Å². The van der Waals surface area contributed by atoms with Gasteiger partial charge in [0.1, 0.15) is 28.9 Å². The number of methoxy groups -OCH3 is 1. The van der Waals surface area contributed by atoms with E-state index in [4.69, 9.17) is 9.26 Å². The topological polar surface area (TPSA) is 87.5 Å². The Morgan fingerprint density at radius 3 is 2.90 bits per heavy atom. The molecule has 1 aliphatic carbocycles. The van der Waals surface area contributed by atoms with Gasteiger partial charge in [-0.2, -0.15) is 4.98 Å². The molecular weight excluding hydrogens is 377 g/mol. The standard InChI is InChI=1S/C20H20FN5O3/c1-10-7-12(10)19-23-18(24-29-19)15-17-20(27)26(11(2)8-28-3)16-13(21)5-4-6-14(16)25(17)9-22-15/h4-6,9-12H,7-8H2,1-3H3. The van der Waals surface area contributed by atoms with E-state index in [1.807, 2.05) is 6.92 Å². The predicted molar refractivity (Wildman–Crippen MR) is 103 cm³/mol. The number of aromatic nitrogens is 5. The molecule has 29 heavy (non-hydrogen) atoms. The predicted octanol–water partition coefficient (Wildman–Crippen LogP) is 3.17. The van der Waals surface area contributed by atoms with Crippen molar-refractivity contribution >= 4 is 16.6 Å². The summed E-state index contributed by atoms with van der Waals surface area (Å²) in [5.74, 6) is 1.12. The van der Waals surface area contributed by atoms with Gasteiger partial charge >= 0.3 is 0 Å². The number of ether oxygens (including phenoxy) is 1. The van der Waals surface area contributed by atoms with Gasteiger partial charge in [0.2, 0.25) is 11.7 Å². The minimum atomic E-state index is -0.482. The molecule has 1 aliphatic rings. The minimum absolute atomic E-state index is 0.208. The van der Waals surface area contributed by atoms with Crippen LogP contribution in [0.1, 0.15) is 38.1 Å². The molecule has 0 aliphatic heterocycles. The van der Waals surface area contributed by atoms with Crippen LogP contribution >= 0.6 is 0 Å². The summed E-state index contributed by atoms with van der Waals surface area (Å²) in [6.07, 6.45) is 2.51. The van der Waals surface area contributed by atoms with Crippen LogP contribution in [0, 0.1) is 11.7 Å². The number of imidazole rings is 1. The monoisotopic (exact) mass is 397 g/mol. The lowest BCUT2D eigenvalue weighted by molar-refractivity contribution is 0.162. The third kappa shape index (κ3) is 2.68. The number of rotatable bonds is 5. The van der Waals surface area contributed by atoms with Crippen LogP contribution in [0.2, 0.25) is 0 Å². The summed E-state index contributed by atoms with van der Waals surface area (Å²) in [7, 11) is 1.54. The van der Waals surface area contributed by atoms with Gasteiger partial charge in [0.15, 0.2) is 0 Å². The molecule has 1 fully saturated rings. The van der Waals surface area contributed by atoms with E-state index < -0.39 is 5.82 Å². The Morgan fingerprint density at radius 2 is 2.17 bits per heavy atom. The van der Waals surface area contributed by atoms with Crippen molar-refractivity contribution in [3.63, 3.8) is 0 Å². The molecule has 8 nitrogen and oxygen atoms in total. The highest BCUT2D eigenvalue weighted by Crippen LogP contribution is 2.46. The average molecular weight is 397 g/mol. The van der Waals surface area contributed by atoms with Crippen molar-refractivity contribution < 1.29 is 13.7 Å². The second kappa shape index (κ2) is 6.48. The van der Waals surface area contributed by atoms with Crippen LogP contribution in [0.25, 0.3) is 28.1 Å². The molecule has 4 aromatic rings. The second-order valence-electron chi connectivity index (χ2n) is 7.67. The zero-order valence-corrected chi connectivity index (χ0v) is 16.3. The molecule has 1 aromatic carbocycles. The zero-order chi connectivity index (χ0) is 20.3. The molecule has 0 saturated heterocycles. The SMILES string of the molecule is COCC(C)n1c(=O)c2c(-c3noc(C4CC4C)n3)ncn2c2cccc(F)c21. The normalized spacial score (nSPS) is 19.9. The first-order valence-electron chi connectivity index (χ1n) is 9.54. The Hall–Kier alpha value is -3.07. The van der Waals surface area contributed by atoms with Gasteiger partial charge in [-0.3, -0.25) is 13.8 Å². The number of hydrogen-bond acceptors (Lipinski definition) is 6. The summed E-state index contributed by atoms with van der Waals surface area (Å²) >= 11 is 0. The van der Waals surface area contributed by atoms with E-state index in [0.717, 1.165) is 6.42 Å². The van der Waals surface area contributed by atoms with Gasteiger partial charge in [-0.05, 0) is 31.4 Å². The van der Waals surface area contributed by atoms with Crippen molar-refractivity contribution in [2.75, 3.05) is 13.7 Å². The highest BCUT2D eigenvalue weighted by atomic mass is 19.1. The number of hydrogen-bond donors (Lipinski definition) is 0. The summed E-state index contributed by atoms with van der Waals surface area (Å²) < 4.78 is 28.4. The van der Waals surface area contributed by atoms with Crippen molar-refractivity contribution in [3.05, 3.63) is 46.6 Å². The molecule has 5 rings (SSSR count). The first-order chi connectivity index (χ1) is 14.0. The number of halogens is 1. The van der Waals surface area contributed by atoms with Crippen LogP contribution in [-0.2, 0) is 4.74 Å². The Kier molecular flexibility index (Phi) is 4.02. The van der Waals surface area contributed by atoms with Crippen LogP contribution < -0.4 is 5.56 Å². The van der Waals surface area contributed by atoms with E-state index >= 15 is 0 Å². The van der Waals surface area contributed by atoms with Gasteiger partial charge in [0, 0.05) is 13.0 Å². The Morgan fingerprint density at radius 1 is 1.38 bits per heavy atom. The summed E-state index contributed by atoms with van der Waals surface area (Å²) in [6, 6.07) is 4.31. The van der Waals surface area contributed by atoms with Crippen LogP contribution in [0.15, 0.2) is 33.8 Å². The largest absolute Gasteiger partial charge is 0.383 e. The summed E-state index contributed by atoms with van der Waals surface area (Å²) in [6.45, 7) is 4.19. The minimum Gasteiger partial charge on any atom is -0.383 e. The van der Waals surface area contributed by atoms with Crippen LogP contribution in [0.3, 0.4) is 0 Å². The van der Waals surface area contributed by atoms with E-state index in [2.05, 4.69) is 22.0 Å². The number of fused-ring (bicyclic) bond motifs is 3. The lowest BCUT2D eigenvalue weighted by Gasteiger charge is -2.18. The van der Waals surface area contributed by atoms with Gasteiger partial charge in [0.05, 0.1) is 18.2 Å². The van der Waals surface area contributed by atoms with Gasteiger partial charge < -0.3 is 9.26 Å². The van der Waals surface area contributed by atoms with Crippen molar-refractivity contribution in [1.82, 2.24) is 24.1 Å². The first kappa shape index (κ1) is 18.0. The third-order valence-corrected chi connectivity index (χ3v) is 5.58. The highest BCUT2D eigenvalue weighted by molar-refractivity contribution is 5.84. The molecular formula is C20H20FN5O3. The number of benzene rings is 1. The second-order valence-corrected chi connectivity index (χ2v) is 7.67. The van der Waals surface area contributed by atoms with Gasteiger partial charge in [0.25, 0.3) is 5.56 Å². The molecule has 9 heteroatoms. The smallest absolute Gasteiger partial charge is 0.278 e. The number of nitrogens with zero attached hydrogens (tertiary/aromatic N) is 5. The highest BCUT2D eigenvalue weighted by Gasteiger charge is 2.39. The number of para-hydroxylation sites is 1. The summed E-state index contributed by atoms with van der Waals surface area (Å²) in [4.78, 5) is 22.3. The summed E-state index contributed by atoms with van der Waals surface area (Å²) in [5.41, 5.74) is 0.954. The maximum atomic E-state index is 14.7. The van der Waals surface area contributed by atoms with Gasteiger partial charge in [-0.1, -0.05) is 18.1 Å². The third-order valence-electron chi connectivity index (χ3n) is 5.58. The molecule has 1 saturated carbocycles. The molecule has 3 heterocycles. The summed E-state index contributed by atoms with van der Waals surface area (Å²) in [5, 5.41) is 4.05. The fourth-order valence-electron chi connectivity index (χ4n) is 3.94. The Labute approximate surface area is 164 Å². The molecule has 0 spiro atoms. The maximum Gasteiger partial charge on any atom is 0.278 e. The van der Waals surface area contributed by atoms with Gasteiger partial charge in [-0.15, -0.1) is 0 Å². The molecule has 3 aromatic heterocycles. The Balaban J connectivity index is 1.79. The van der Waals surface area contributed by atoms with Crippen molar-refractivity contribution in [2.24, 2.45) is 5.92 Å². The van der Waals surface area contributed by atoms with E-state index in [1.165, 1.54) is 17.0 Å². The molecule has 0 N–H and O–H groups in total. The molecule has 0 radical (unpaired) electrons. The molecule has 3 atom stereocenters. The quantitative estimate of drug-likeness (QED) is 0.514. The molecule has 3 unspecified atom stereocenters. The van der Waals surface area contributed by atoms with E-state index in [9.17, 15) is 9.18 Å². The molecule has 0 bridgehead atoms. The maximum absolute atomic E-state index is 14.7. The van der Waals surface area contributed by atoms with Crippen LogP contribution in [0.5, 0.6) is 0 Å². The lowest BCUT2D eigenvalue weighted by Crippen LogP contribution is -2.28. The average Bonchev–Trinajstić information content (AvgIpc) is 3.10. The van der Waals surface area contributed by atoms with Crippen molar-refractivity contribution in [2.45, 2.75) is 32.2 Å². The van der Waals surface area contributed by atoms with Crippen molar-refractivity contribution in [3.8, 4) is 11.5 Å². The van der Waals surface area contributed by atoms with Crippen LogP contribution in [0.4, 0.5) is 4.39 Å². The Bertz CT molecular complexity index is 1290. The van der Waals surface area contributed by atoms with E-state index in [1.54, 1.807) is 23.6 Å². The molecule has 150 valence electrons. The molecule has 0 amide bonds. The van der Waals surface area contributed by atoms with Crippen LogP contribution in [-0.4, -0.2) is 37.8 Å². The fourth-order valence-corrected chi connectivity index (χ4v) is 3.94. The first-order valence-corrected chi connectivity index (χ1v) is 9.54. The zero-order valence-electron chi connectivity index (χ0n) is 16.3. The fraction of sp³-hybridized carbons (Fsp3) is 0.400. The van der Waals surface area contributed by atoms with E-state index in [0.29, 0.717) is 23.0 Å². The lowest BCUT2D eigenvalue weighted by atomic mass is 10.2. The van der Waals surface area contributed by atoms with Crippen molar-refractivity contribution in [1.29, 1.82) is 0 Å². The van der Waals surface area contributed by atoms with Gasteiger partial charge in [-0.25, -0.2) is 9.37 Å².